The molecule has 2 aromatic carbocycles. The van der Waals surface area contributed by atoms with Gasteiger partial charge in [-0.05, 0) is 56.0 Å². The Labute approximate surface area is 226 Å². The molecule has 7 nitrogen and oxygen atoms in total. The zero-order chi connectivity index (χ0) is 27.3. The first-order valence-electron chi connectivity index (χ1n) is 14.0. The van der Waals surface area contributed by atoms with Crippen molar-refractivity contribution in [3.63, 3.8) is 0 Å². The number of ketones is 1. The van der Waals surface area contributed by atoms with Gasteiger partial charge in [-0.3, -0.25) is 14.4 Å². The van der Waals surface area contributed by atoms with Gasteiger partial charge in [-0.15, -0.1) is 0 Å². The van der Waals surface area contributed by atoms with E-state index < -0.39 is 17.4 Å². The average Bonchev–Trinajstić information content (AvgIpc) is 2.94. The molecule has 1 saturated heterocycles. The Bertz CT molecular complexity index is 1120. The van der Waals surface area contributed by atoms with Gasteiger partial charge in [0.1, 0.15) is 17.8 Å². The third-order valence-electron chi connectivity index (χ3n) is 8.31. The third-order valence-corrected chi connectivity index (χ3v) is 8.31. The summed E-state index contributed by atoms with van der Waals surface area (Å²) in [5.74, 6) is -0.616. The van der Waals surface area contributed by atoms with Crippen molar-refractivity contribution >= 4 is 17.6 Å². The van der Waals surface area contributed by atoms with Gasteiger partial charge < -0.3 is 20.3 Å². The number of nitrogens with zero attached hydrogens (tertiary/aromatic N) is 1. The Morgan fingerprint density at radius 2 is 1.66 bits per heavy atom. The number of rotatable bonds is 10. The van der Waals surface area contributed by atoms with E-state index in [0.29, 0.717) is 37.2 Å². The van der Waals surface area contributed by atoms with Gasteiger partial charge in [0.2, 0.25) is 5.91 Å². The van der Waals surface area contributed by atoms with E-state index in [1.54, 1.807) is 24.3 Å². The van der Waals surface area contributed by atoms with Crippen LogP contribution in [-0.4, -0.2) is 54.8 Å². The minimum atomic E-state index is -0.859. The third kappa shape index (κ3) is 5.48. The second kappa shape index (κ2) is 12.1. The van der Waals surface area contributed by atoms with Crippen LogP contribution < -0.4 is 15.4 Å². The molecule has 1 saturated carbocycles. The van der Waals surface area contributed by atoms with Crippen molar-refractivity contribution in [2.45, 2.75) is 65.5 Å². The van der Waals surface area contributed by atoms with Crippen LogP contribution in [0.1, 0.15) is 74.0 Å². The molecule has 2 amide bonds. The van der Waals surface area contributed by atoms with Gasteiger partial charge in [-0.25, -0.2) is 0 Å². The summed E-state index contributed by atoms with van der Waals surface area (Å²) in [6.45, 7) is 11.1. The van der Waals surface area contributed by atoms with E-state index in [4.69, 9.17) is 4.74 Å². The van der Waals surface area contributed by atoms with Gasteiger partial charge in [0.25, 0.3) is 5.91 Å². The SMILES string of the molecule is CCCC(NC(=O)C1C(=O)C(CC)(CC)[C@@H]1Oc1ccc(C(=O)N2CCNCC2)cc1)c1ccc(C)cc1. The van der Waals surface area contributed by atoms with Crippen molar-refractivity contribution in [2.75, 3.05) is 26.2 Å². The predicted molar refractivity (Wildman–Crippen MR) is 148 cm³/mol. The number of carbonyl (C=O) groups excluding carboxylic acids is 3. The molecular weight excluding hydrogens is 478 g/mol. The molecule has 204 valence electrons. The Morgan fingerprint density at radius 1 is 1.03 bits per heavy atom. The van der Waals surface area contributed by atoms with E-state index in [1.165, 1.54) is 0 Å². The fourth-order valence-corrected chi connectivity index (χ4v) is 5.79. The maximum absolute atomic E-state index is 13.5. The van der Waals surface area contributed by atoms with Crippen LogP contribution in [0, 0.1) is 18.3 Å². The first-order valence-corrected chi connectivity index (χ1v) is 14.0. The molecule has 0 aromatic heterocycles. The van der Waals surface area contributed by atoms with Crippen molar-refractivity contribution in [1.29, 1.82) is 0 Å². The molecule has 1 aliphatic carbocycles. The smallest absolute Gasteiger partial charge is 0.253 e. The molecule has 2 fully saturated rings. The van der Waals surface area contributed by atoms with Crippen LogP contribution >= 0.6 is 0 Å². The van der Waals surface area contributed by atoms with Gasteiger partial charge in [-0.1, -0.05) is 57.0 Å². The summed E-state index contributed by atoms with van der Waals surface area (Å²) < 4.78 is 6.38. The maximum Gasteiger partial charge on any atom is 0.253 e. The molecule has 1 aliphatic heterocycles. The first kappa shape index (κ1) is 27.8. The molecule has 4 rings (SSSR count). The van der Waals surface area contributed by atoms with Crippen LogP contribution in [0.4, 0.5) is 0 Å². The second-order valence-corrected chi connectivity index (χ2v) is 10.6. The Hall–Kier alpha value is -3.19. The quantitative estimate of drug-likeness (QED) is 0.453. The topological polar surface area (TPSA) is 87.7 Å². The lowest BCUT2D eigenvalue weighted by Gasteiger charge is -2.51. The molecule has 2 unspecified atom stereocenters. The largest absolute Gasteiger partial charge is 0.488 e. The summed E-state index contributed by atoms with van der Waals surface area (Å²) in [6.07, 6.45) is 2.35. The highest BCUT2D eigenvalue weighted by Crippen LogP contribution is 2.49. The minimum absolute atomic E-state index is 0.00339. The number of aryl methyl sites for hydroxylation is 1. The number of hydrogen-bond donors (Lipinski definition) is 2. The number of hydrogen-bond acceptors (Lipinski definition) is 5. The zero-order valence-electron chi connectivity index (χ0n) is 23.1. The summed E-state index contributed by atoms with van der Waals surface area (Å²) in [5, 5.41) is 6.41. The number of piperazine rings is 1. The first-order chi connectivity index (χ1) is 18.3. The van der Waals surface area contributed by atoms with Crippen LogP contribution in [-0.2, 0) is 9.59 Å². The molecule has 2 aromatic rings. The normalized spacial score (nSPS) is 21.4. The number of ether oxygens (including phenoxy) is 1. The van der Waals surface area contributed by atoms with Crippen molar-refractivity contribution in [1.82, 2.24) is 15.5 Å². The summed E-state index contributed by atoms with van der Waals surface area (Å²) >= 11 is 0. The summed E-state index contributed by atoms with van der Waals surface area (Å²) in [7, 11) is 0. The molecule has 0 bridgehead atoms. The molecule has 0 radical (unpaired) electrons. The number of amides is 2. The van der Waals surface area contributed by atoms with Gasteiger partial charge >= 0.3 is 0 Å². The molecule has 0 spiro atoms. The van der Waals surface area contributed by atoms with Crippen LogP contribution in [0.5, 0.6) is 5.75 Å². The van der Waals surface area contributed by atoms with Crippen molar-refractivity contribution in [3.05, 3.63) is 65.2 Å². The Kier molecular flexibility index (Phi) is 8.87. The highest BCUT2D eigenvalue weighted by atomic mass is 16.5. The summed E-state index contributed by atoms with van der Waals surface area (Å²) in [6, 6.07) is 15.1. The predicted octanol–water partition coefficient (Wildman–Crippen LogP) is 4.45. The van der Waals surface area contributed by atoms with E-state index in [0.717, 1.165) is 37.1 Å². The fraction of sp³-hybridized carbons (Fsp3) is 0.516. The van der Waals surface area contributed by atoms with Gasteiger partial charge in [0.15, 0.2) is 5.78 Å². The van der Waals surface area contributed by atoms with Crippen LogP contribution in [0.2, 0.25) is 0 Å². The minimum Gasteiger partial charge on any atom is -0.488 e. The van der Waals surface area contributed by atoms with Crippen LogP contribution in [0.3, 0.4) is 0 Å². The number of Topliss-reactive ketones (excluding diaryl/α,β-unsaturated/α-hetero) is 1. The van der Waals surface area contributed by atoms with E-state index in [9.17, 15) is 14.4 Å². The zero-order valence-corrected chi connectivity index (χ0v) is 23.1. The molecule has 2 aliphatic rings. The molecule has 1 heterocycles. The van der Waals surface area contributed by atoms with E-state index >= 15 is 0 Å². The van der Waals surface area contributed by atoms with Crippen molar-refractivity contribution in [2.24, 2.45) is 11.3 Å². The molecule has 38 heavy (non-hydrogen) atoms. The molecule has 3 atom stereocenters. The van der Waals surface area contributed by atoms with Gasteiger partial charge in [0.05, 0.1) is 11.5 Å². The number of carbonyl (C=O) groups is 3. The van der Waals surface area contributed by atoms with Crippen LogP contribution in [0.25, 0.3) is 0 Å². The molecular formula is C31H41N3O4. The highest BCUT2D eigenvalue weighted by Gasteiger charge is 2.64. The lowest BCUT2D eigenvalue weighted by Crippen LogP contribution is -2.68. The molecule has 2 N–H and O–H groups in total. The van der Waals surface area contributed by atoms with Gasteiger partial charge in [0, 0.05) is 31.7 Å². The second-order valence-electron chi connectivity index (χ2n) is 10.6. The monoisotopic (exact) mass is 519 g/mol. The maximum atomic E-state index is 13.5. The number of benzene rings is 2. The standard InChI is InChI=1S/C31H41N3O4/c1-5-8-25(22-11-9-21(4)10-12-22)33-29(36)26-27(35)31(6-2,7-3)28(26)38-24-15-13-23(14-16-24)30(37)34-19-17-32-18-20-34/h9-16,25-26,28,32H,5-8,17-20H2,1-4H3,(H,33,36)/t25?,26?,28-/m1/s1. The van der Waals surface area contributed by atoms with Crippen molar-refractivity contribution in [3.8, 4) is 5.75 Å². The summed E-state index contributed by atoms with van der Waals surface area (Å²) in [5.41, 5.74) is 2.11. The van der Waals surface area contributed by atoms with Crippen molar-refractivity contribution < 1.29 is 19.1 Å². The number of nitrogens with one attached hydrogen (secondary N) is 2. The average molecular weight is 520 g/mol. The van der Waals surface area contributed by atoms with E-state index in [-0.39, 0.29) is 23.6 Å². The van der Waals surface area contributed by atoms with E-state index in [2.05, 4.69) is 17.6 Å². The van der Waals surface area contributed by atoms with E-state index in [1.807, 2.05) is 49.9 Å². The van der Waals surface area contributed by atoms with Crippen LogP contribution in [0.15, 0.2) is 48.5 Å². The Morgan fingerprint density at radius 3 is 2.24 bits per heavy atom. The Balaban J connectivity index is 1.50. The highest BCUT2D eigenvalue weighted by molar-refractivity contribution is 6.10. The lowest BCUT2D eigenvalue weighted by molar-refractivity contribution is -0.173. The van der Waals surface area contributed by atoms with Gasteiger partial charge in [-0.2, -0.15) is 0 Å². The fourth-order valence-electron chi connectivity index (χ4n) is 5.79. The summed E-state index contributed by atoms with van der Waals surface area (Å²) in [4.78, 5) is 41.6. The molecule has 7 heteroatoms. The lowest BCUT2D eigenvalue weighted by atomic mass is 9.55.